The molecule has 0 radical (unpaired) electrons. The molecule has 0 atom stereocenters. The first-order chi connectivity index (χ1) is 8.37. The van der Waals surface area contributed by atoms with E-state index in [2.05, 4.69) is 5.32 Å². The van der Waals surface area contributed by atoms with Gasteiger partial charge in [-0.25, -0.2) is 8.78 Å². The Kier molecular flexibility index (Phi) is 4.66. The molecule has 0 aromatic heterocycles. The van der Waals surface area contributed by atoms with Gasteiger partial charge in [0, 0.05) is 12.2 Å². The molecule has 0 unspecified atom stereocenters. The van der Waals surface area contributed by atoms with Gasteiger partial charge in [-0.3, -0.25) is 4.79 Å². The second-order valence-electron chi connectivity index (χ2n) is 3.61. The molecule has 18 heavy (non-hydrogen) atoms. The van der Waals surface area contributed by atoms with Crippen LogP contribution in [0.15, 0.2) is 24.3 Å². The molecule has 7 heteroatoms. The van der Waals surface area contributed by atoms with Crippen LogP contribution in [0.1, 0.15) is 5.56 Å². The van der Waals surface area contributed by atoms with Crippen molar-refractivity contribution in [3.8, 4) is 0 Å². The third kappa shape index (κ3) is 3.43. The Morgan fingerprint density at radius 3 is 2.61 bits per heavy atom. The maximum atomic E-state index is 12.7. The summed E-state index contributed by atoms with van der Waals surface area (Å²) in [6.45, 7) is 0.467. The summed E-state index contributed by atoms with van der Waals surface area (Å²) >= 11 is 0. The molecule has 0 saturated carbocycles. The smallest absolute Gasteiger partial charge is 0.321 e. The van der Waals surface area contributed by atoms with E-state index < -0.39 is 18.3 Å². The fraction of sp³-hybridized carbons (Fsp3) is 0.364. The van der Waals surface area contributed by atoms with Gasteiger partial charge in [-0.15, -0.1) is 0 Å². The Morgan fingerprint density at radius 1 is 1.39 bits per heavy atom. The van der Waals surface area contributed by atoms with Gasteiger partial charge in [-0.2, -0.15) is 8.78 Å². The average Bonchev–Trinajstić information content (AvgIpc) is 2.29. The Balaban J connectivity index is 2.79. The molecule has 0 aliphatic rings. The number of hydrogen-bond acceptors (Lipinski definition) is 2. The summed E-state index contributed by atoms with van der Waals surface area (Å²) in [5.41, 5.74) is 0.781. The quantitative estimate of drug-likeness (QED) is 0.801. The minimum atomic E-state index is -4.70. The first-order valence-corrected chi connectivity index (χ1v) is 5.09. The molecule has 0 spiro atoms. The van der Waals surface area contributed by atoms with E-state index in [-0.39, 0.29) is 5.69 Å². The zero-order valence-corrected chi connectivity index (χ0v) is 9.51. The van der Waals surface area contributed by atoms with E-state index in [1.807, 2.05) is 0 Å². The first-order valence-electron chi connectivity index (χ1n) is 5.09. The van der Waals surface area contributed by atoms with Crippen molar-refractivity contribution in [2.45, 2.75) is 18.9 Å². The molecule has 0 saturated heterocycles. The second kappa shape index (κ2) is 5.81. The summed E-state index contributed by atoms with van der Waals surface area (Å²) in [6.07, 6.45) is -4.03. The minimum absolute atomic E-state index is 0.0491. The molecule has 1 rings (SSSR count). The van der Waals surface area contributed by atoms with Gasteiger partial charge in [0.05, 0.1) is 0 Å². The molecular formula is C11H12F4N2O. The summed E-state index contributed by atoms with van der Waals surface area (Å²) in [4.78, 5) is 11.0. The van der Waals surface area contributed by atoms with Crippen molar-refractivity contribution < 1.29 is 22.4 Å². The van der Waals surface area contributed by atoms with Crippen LogP contribution < -0.4 is 10.6 Å². The van der Waals surface area contributed by atoms with Gasteiger partial charge in [0.15, 0.2) is 0 Å². The van der Waals surface area contributed by atoms with Crippen LogP contribution in [0.2, 0.25) is 0 Å². The molecule has 1 aromatic rings. The van der Waals surface area contributed by atoms with E-state index in [4.69, 9.17) is 0 Å². The molecule has 0 aliphatic heterocycles. The monoisotopic (exact) mass is 264 g/mol. The highest BCUT2D eigenvalue weighted by atomic mass is 19.3. The van der Waals surface area contributed by atoms with Crippen molar-refractivity contribution in [1.29, 1.82) is 0 Å². The summed E-state index contributed by atoms with van der Waals surface area (Å²) < 4.78 is 49.3. The van der Waals surface area contributed by atoms with Crippen molar-refractivity contribution in [2.24, 2.45) is 0 Å². The van der Waals surface area contributed by atoms with E-state index in [0.29, 0.717) is 6.54 Å². The highest BCUT2D eigenvalue weighted by Gasteiger charge is 2.48. The zero-order chi connectivity index (χ0) is 13.8. The van der Waals surface area contributed by atoms with Crippen LogP contribution >= 0.6 is 0 Å². The van der Waals surface area contributed by atoms with Gasteiger partial charge in [0.1, 0.15) is 0 Å². The van der Waals surface area contributed by atoms with Crippen LogP contribution in [0, 0.1) is 0 Å². The molecule has 2 N–H and O–H groups in total. The lowest BCUT2D eigenvalue weighted by molar-refractivity contribution is -0.163. The highest BCUT2D eigenvalue weighted by Crippen LogP contribution is 2.24. The summed E-state index contributed by atoms with van der Waals surface area (Å²) in [5.74, 6) is -6.71. The van der Waals surface area contributed by atoms with Crippen molar-refractivity contribution in [1.82, 2.24) is 5.32 Å². The van der Waals surface area contributed by atoms with Gasteiger partial charge < -0.3 is 10.6 Å². The Labute approximate surface area is 101 Å². The van der Waals surface area contributed by atoms with Crippen LogP contribution in [0.25, 0.3) is 0 Å². The SMILES string of the molecule is CNCc1cccc(NC(=O)C(F)(F)C(F)F)c1. The predicted molar refractivity (Wildman–Crippen MR) is 58.8 cm³/mol. The van der Waals surface area contributed by atoms with Crippen LogP contribution in [-0.2, 0) is 11.3 Å². The van der Waals surface area contributed by atoms with Crippen LogP contribution in [-0.4, -0.2) is 25.3 Å². The van der Waals surface area contributed by atoms with Crippen molar-refractivity contribution in [3.05, 3.63) is 29.8 Å². The van der Waals surface area contributed by atoms with Crippen molar-refractivity contribution in [2.75, 3.05) is 12.4 Å². The fourth-order valence-corrected chi connectivity index (χ4v) is 1.28. The lowest BCUT2D eigenvalue weighted by Crippen LogP contribution is -2.41. The lowest BCUT2D eigenvalue weighted by Gasteiger charge is -2.15. The van der Waals surface area contributed by atoms with E-state index >= 15 is 0 Å². The zero-order valence-electron chi connectivity index (χ0n) is 9.51. The summed E-state index contributed by atoms with van der Waals surface area (Å²) in [5, 5.41) is 4.60. The average molecular weight is 264 g/mol. The molecule has 0 fully saturated rings. The van der Waals surface area contributed by atoms with Gasteiger partial charge in [-0.05, 0) is 24.7 Å². The molecule has 0 heterocycles. The van der Waals surface area contributed by atoms with Crippen molar-refractivity contribution in [3.63, 3.8) is 0 Å². The number of carbonyl (C=O) groups excluding carboxylic acids is 1. The largest absolute Gasteiger partial charge is 0.383 e. The third-order valence-corrected chi connectivity index (χ3v) is 2.14. The predicted octanol–water partition coefficient (Wildman–Crippen LogP) is 2.24. The van der Waals surface area contributed by atoms with Crippen LogP contribution in [0.5, 0.6) is 0 Å². The normalized spacial score (nSPS) is 11.7. The number of hydrogen-bond donors (Lipinski definition) is 2. The molecule has 0 bridgehead atoms. The van der Waals surface area contributed by atoms with Crippen LogP contribution in [0.4, 0.5) is 23.2 Å². The number of benzene rings is 1. The second-order valence-corrected chi connectivity index (χ2v) is 3.61. The Bertz CT molecular complexity index is 423. The molecular weight excluding hydrogens is 252 g/mol. The van der Waals surface area contributed by atoms with Crippen LogP contribution in [0.3, 0.4) is 0 Å². The third-order valence-electron chi connectivity index (χ3n) is 2.14. The number of nitrogens with one attached hydrogen (secondary N) is 2. The molecule has 0 aliphatic carbocycles. The van der Waals surface area contributed by atoms with E-state index in [1.54, 1.807) is 18.4 Å². The topological polar surface area (TPSA) is 41.1 Å². The molecule has 100 valence electrons. The number of halogens is 4. The fourth-order valence-electron chi connectivity index (χ4n) is 1.28. The van der Waals surface area contributed by atoms with E-state index in [1.165, 1.54) is 18.2 Å². The van der Waals surface area contributed by atoms with Gasteiger partial charge in [0.25, 0.3) is 0 Å². The summed E-state index contributed by atoms with van der Waals surface area (Å²) in [6, 6.07) is 6.01. The standard InChI is InChI=1S/C11H12F4N2O/c1-16-6-7-3-2-4-8(5-7)17-10(18)11(14,15)9(12)13/h2-5,9,16H,6H2,1H3,(H,17,18). The number of anilines is 1. The van der Waals surface area contributed by atoms with Gasteiger partial charge in [0.2, 0.25) is 0 Å². The Morgan fingerprint density at radius 2 is 2.06 bits per heavy atom. The van der Waals surface area contributed by atoms with E-state index in [0.717, 1.165) is 5.56 Å². The first kappa shape index (κ1) is 14.4. The minimum Gasteiger partial charge on any atom is -0.321 e. The number of amides is 1. The van der Waals surface area contributed by atoms with E-state index in [9.17, 15) is 22.4 Å². The molecule has 1 amide bonds. The van der Waals surface area contributed by atoms with Gasteiger partial charge in [-0.1, -0.05) is 12.1 Å². The van der Waals surface area contributed by atoms with Crippen molar-refractivity contribution >= 4 is 11.6 Å². The molecule has 1 aromatic carbocycles. The van der Waals surface area contributed by atoms with Gasteiger partial charge >= 0.3 is 18.3 Å². The Hall–Kier alpha value is -1.63. The maximum absolute atomic E-state index is 12.7. The highest BCUT2D eigenvalue weighted by molar-refractivity contribution is 5.96. The number of carbonyl (C=O) groups is 1. The number of rotatable bonds is 5. The number of alkyl halides is 4. The molecule has 3 nitrogen and oxygen atoms in total. The maximum Gasteiger partial charge on any atom is 0.383 e. The lowest BCUT2D eigenvalue weighted by atomic mass is 10.2. The summed E-state index contributed by atoms with van der Waals surface area (Å²) in [7, 11) is 1.69.